The molecule has 1 aliphatic heterocycles. The standard InChI is InChI=1S/C18H27N3O2.ClH/c1-13(2)18(23)21-10-8-15(9-11-21)20-17(22)16(19)12-14-6-4-3-5-7-14;/h3-7,13,15-16H,8-12,19H2,1-2H3,(H,20,22);1H. The van der Waals surface area contributed by atoms with Gasteiger partial charge in [0.1, 0.15) is 0 Å². The SMILES string of the molecule is CC(C)C(=O)N1CCC(NC(=O)C(N)Cc2ccccc2)CC1.Cl. The van der Waals surface area contributed by atoms with Gasteiger partial charge in [0, 0.05) is 25.0 Å². The zero-order valence-corrected chi connectivity index (χ0v) is 15.2. The average Bonchev–Trinajstić information content (AvgIpc) is 2.55. The quantitative estimate of drug-likeness (QED) is 0.846. The molecule has 2 amide bonds. The lowest BCUT2D eigenvalue weighted by atomic mass is 10.0. The van der Waals surface area contributed by atoms with Crippen LogP contribution in [0, 0.1) is 5.92 Å². The molecule has 0 aliphatic carbocycles. The third kappa shape index (κ3) is 5.80. The summed E-state index contributed by atoms with van der Waals surface area (Å²) in [6.07, 6.45) is 2.13. The smallest absolute Gasteiger partial charge is 0.237 e. The van der Waals surface area contributed by atoms with Crippen molar-refractivity contribution in [3.05, 3.63) is 35.9 Å². The number of nitrogens with zero attached hydrogens (tertiary/aromatic N) is 1. The van der Waals surface area contributed by atoms with Crippen LogP contribution in [0.1, 0.15) is 32.3 Å². The molecule has 1 aromatic carbocycles. The fraction of sp³-hybridized carbons (Fsp3) is 0.556. The van der Waals surface area contributed by atoms with Crippen molar-refractivity contribution in [3.63, 3.8) is 0 Å². The van der Waals surface area contributed by atoms with E-state index in [2.05, 4.69) is 5.32 Å². The molecule has 0 spiro atoms. The number of piperidine rings is 1. The lowest BCUT2D eigenvalue weighted by Crippen LogP contribution is -2.51. The van der Waals surface area contributed by atoms with Gasteiger partial charge in [0.15, 0.2) is 0 Å². The molecular weight excluding hydrogens is 326 g/mol. The Bertz CT molecular complexity index is 528. The van der Waals surface area contributed by atoms with Crippen LogP contribution in [0.2, 0.25) is 0 Å². The van der Waals surface area contributed by atoms with Crippen molar-refractivity contribution in [1.82, 2.24) is 10.2 Å². The summed E-state index contributed by atoms with van der Waals surface area (Å²) >= 11 is 0. The number of likely N-dealkylation sites (tertiary alicyclic amines) is 1. The Morgan fingerprint density at radius 1 is 1.21 bits per heavy atom. The van der Waals surface area contributed by atoms with Gasteiger partial charge >= 0.3 is 0 Å². The molecule has 0 saturated carbocycles. The molecule has 1 aromatic rings. The highest BCUT2D eigenvalue weighted by atomic mass is 35.5. The number of amides is 2. The van der Waals surface area contributed by atoms with Gasteiger partial charge in [-0.3, -0.25) is 9.59 Å². The molecule has 1 aliphatic rings. The molecular formula is C18H28ClN3O2. The summed E-state index contributed by atoms with van der Waals surface area (Å²) in [6, 6.07) is 9.37. The van der Waals surface area contributed by atoms with Crippen LogP contribution in [0.3, 0.4) is 0 Å². The Morgan fingerprint density at radius 3 is 2.33 bits per heavy atom. The first-order valence-electron chi connectivity index (χ1n) is 8.36. The highest BCUT2D eigenvalue weighted by Crippen LogP contribution is 2.13. The van der Waals surface area contributed by atoms with Crippen LogP contribution in [0.4, 0.5) is 0 Å². The van der Waals surface area contributed by atoms with E-state index in [0.717, 1.165) is 18.4 Å². The van der Waals surface area contributed by atoms with E-state index >= 15 is 0 Å². The Balaban J connectivity index is 0.00000288. The highest BCUT2D eigenvalue weighted by Gasteiger charge is 2.26. The van der Waals surface area contributed by atoms with Crippen LogP contribution in [0.5, 0.6) is 0 Å². The largest absolute Gasteiger partial charge is 0.352 e. The van der Waals surface area contributed by atoms with Gasteiger partial charge in [0.2, 0.25) is 11.8 Å². The fourth-order valence-corrected chi connectivity index (χ4v) is 2.88. The Morgan fingerprint density at radius 2 is 1.79 bits per heavy atom. The van der Waals surface area contributed by atoms with Crippen molar-refractivity contribution >= 4 is 24.2 Å². The number of hydrogen-bond donors (Lipinski definition) is 2. The monoisotopic (exact) mass is 353 g/mol. The second kappa shape index (κ2) is 9.64. The zero-order valence-electron chi connectivity index (χ0n) is 14.4. The molecule has 134 valence electrons. The van der Waals surface area contributed by atoms with Gasteiger partial charge in [-0.2, -0.15) is 0 Å². The minimum Gasteiger partial charge on any atom is -0.352 e. The number of carbonyl (C=O) groups is 2. The Kier molecular flexibility index (Phi) is 8.22. The summed E-state index contributed by atoms with van der Waals surface area (Å²) in [5.41, 5.74) is 7.07. The summed E-state index contributed by atoms with van der Waals surface area (Å²) in [5.74, 6) is 0.110. The van der Waals surface area contributed by atoms with Gasteiger partial charge in [-0.1, -0.05) is 44.2 Å². The molecule has 0 radical (unpaired) electrons. The van der Waals surface area contributed by atoms with Crippen LogP contribution < -0.4 is 11.1 Å². The summed E-state index contributed by atoms with van der Waals surface area (Å²) in [5, 5.41) is 3.03. The van der Waals surface area contributed by atoms with Crippen molar-refractivity contribution in [2.24, 2.45) is 11.7 Å². The maximum atomic E-state index is 12.2. The predicted molar refractivity (Wildman–Crippen MR) is 98.0 cm³/mol. The molecule has 1 fully saturated rings. The van der Waals surface area contributed by atoms with Crippen LogP contribution in [0.15, 0.2) is 30.3 Å². The van der Waals surface area contributed by atoms with E-state index in [9.17, 15) is 9.59 Å². The van der Waals surface area contributed by atoms with Gasteiger partial charge in [0.05, 0.1) is 6.04 Å². The number of rotatable bonds is 5. The average molecular weight is 354 g/mol. The van der Waals surface area contributed by atoms with E-state index in [4.69, 9.17) is 5.73 Å². The minimum atomic E-state index is -0.535. The van der Waals surface area contributed by atoms with Crippen LogP contribution in [0.25, 0.3) is 0 Å². The molecule has 0 bridgehead atoms. The lowest BCUT2D eigenvalue weighted by Gasteiger charge is -2.33. The number of hydrogen-bond acceptors (Lipinski definition) is 3. The molecule has 1 saturated heterocycles. The summed E-state index contributed by atoms with van der Waals surface area (Å²) in [6.45, 7) is 5.24. The molecule has 1 atom stereocenters. The van der Waals surface area contributed by atoms with E-state index < -0.39 is 6.04 Å². The van der Waals surface area contributed by atoms with Gasteiger partial charge in [0.25, 0.3) is 0 Å². The Hall–Kier alpha value is -1.59. The van der Waals surface area contributed by atoms with Crippen molar-refractivity contribution in [1.29, 1.82) is 0 Å². The second-order valence-electron chi connectivity index (χ2n) is 6.56. The molecule has 0 aromatic heterocycles. The van der Waals surface area contributed by atoms with Gasteiger partial charge in [-0.25, -0.2) is 0 Å². The summed E-state index contributed by atoms with van der Waals surface area (Å²) in [7, 11) is 0. The number of carbonyl (C=O) groups excluding carboxylic acids is 2. The van der Waals surface area contributed by atoms with E-state index in [1.165, 1.54) is 0 Å². The van der Waals surface area contributed by atoms with Crippen molar-refractivity contribution in [2.75, 3.05) is 13.1 Å². The Labute approximate surface area is 150 Å². The van der Waals surface area contributed by atoms with Gasteiger partial charge in [-0.05, 0) is 24.8 Å². The highest BCUT2D eigenvalue weighted by molar-refractivity contribution is 5.85. The van der Waals surface area contributed by atoms with E-state index in [-0.39, 0.29) is 36.2 Å². The van der Waals surface area contributed by atoms with Crippen LogP contribution in [-0.4, -0.2) is 41.9 Å². The van der Waals surface area contributed by atoms with E-state index in [1.807, 2.05) is 49.1 Å². The third-order valence-electron chi connectivity index (χ3n) is 4.28. The van der Waals surface area contributed by atoms with Crippen LogP contribution >= 0.6 is 12.4 Å². The second-order valence-corrected chi connectivity index (χ2v) is 6.56. The number of halogens is 1. The number of nitrogens with one attached hydrogen (secondary N) is 1. The van der Waals surface area contributed by atoms with Gasteiger partial charge in [-0.15, -0.1) is 12.4 Å². The maximum absolute atomic E-state index is 12.2. The molecule has 24 heavy (non-hydrogen) atoms. The molecule has 6 heteroatoms. The lowest BCUT2D eigenvalue weighted by molar-refractivity contribution is -0.135. The van der Waals surface area contributed by atoms with Crippen molar-refractivity contribution < 1.29 is 9.59 Å². The molecule has 1 heterocycles. The first-order chi connectivity index (χ1) is 11.0. The van der Waals surface area contributed by atoms with E-state index in [1.54, 1.807) is 0 Å². The van der Waals surface area contributed by atoms with Crippen molar-refractivity contribution in [2.45, 2.75) is 45.2 Å². The topological polar surface area (TPSA) is 75.4 Å². The van der Waals surface area contributed by atoms with Crippen molar-refractivity contribution in [3.8, 4) is 0 Å². The number of nitrogens with two attached hydrogens (primary N) is 1. The first kappa shape index (κ1) is 20.5. The molecule has 1 unspecified atom stereocenters. The third-order valence-corrected chi connectivity index (χ3v) is 4.28. The zero-order chi connectivity index (χ0) is 16.8. The molecule has 5 nitrogen and oxygen atoms in total. The molecule has 3 N–H and O–H groups in total. The minimum absolute atomic E-state index is 0. The summed E-state index contributed by atoms with van der Waals surface area (Å²) < 4.78 is 0. The normalized spacial score (nSPS) is 16.4. The predicted octanol–water partition coefficient (Wildman–Crippen LogP) is 1.74. The number of benzene rings is 1. The fourth-order valence-electron chi connectivity index (χ4n) is 2.88. The van der Waals surface area contributed by atoms with E-state index in [0.29, 0.717) is 19.5 Å². The van der Waals surface area contributed by atoms with Gasteiger partial charge < -0.3 is 16.0 Å². The molecule has 2 rings (SSSR count). The first-order valence-corrected chi connectivity index (χ1v) is 8.36. The maximum Gasteiger partial charge on any atom is 0.237 e. The van der Waals surface area contributed by atoms with Crippen LogP contribution in [-0.2, 0) is 16.0 Å². The summed E-state index contributed by atoms with van der Waals surface area (Å²) in [4.78, 5) is 26.1.